The van der Waals surface area contributed by atoms with Crippen LogP contribution < -0.4 is 5.32 Å². The summed E-state index contributed by atoms with van der Waals surface area (Å²) in [7, 11) is 0. The van der Waals surface area contributed by atoms with Gasteiger partial charge in [0.25, 0.3) is 17.5 Å². The fraction of sp³-hybridized carbons (Fsp3) is 0.192. The highest BCUT2D eigenvalue weighted by molar-refractivity contribution is 8.00. The van der Waals surface area contributed by atoms with Crippen LogP contribution in [0.2, 0.25) is 0 Å². The molecule has 2 heterocycles. The van der Waals surface area contributed by atoms with Gasteiger partial charge in [-0.3, -0.25) is 19.7 Å². The Balaban J connectivity index is 1.30. The number of carbonyl (C=O) groups is 2. The van der Waals surface area contributed by atoms with Crippen LogP contribution in [0.25, 0.3) is 10.2 Å². The zero-order valence-electron chi connectivity index (χ0n) is 19.6. The Bertz CT molecular complexity index is 1480. The van der Waals surface area contributed by atoms with Gasteiger partial charge >= 0.3 is 0 Å². The molecule has 1 aromatic heterocycles. The molecule has 1 aliphatic heterocycles. The zero-order valence-corrected chi connectivity index (χ0v) is 21.2. The van der Waals surface area contributed by atoms with Gasteiger partial charge in [-0.15, -0.1) is 11.3 Å². The number of para-hydroxylation sites is 1. The third-order valence-corrected chi connectivity index (χ3v) is 8.08. The highest BCUT2D eigenvalue weighted by atomic mass is 32.2. The zero-order chi connectivity index (χ0) is 25.8. The Morgan fingerprint density at radius 1 is 1.05 bits per heavy atom. The number of morpholine rings is 1. The summed E-state index contributed by atoms with van der Waals surface area (Å²) in [6, 6.07) is 18.9. The number of ether oxygens (including phenoxy) is 1. The highest BCUT2D eigenvalue weighted by Gasteiger charge is 2.23. The molecule has 1 aliphatic rings. The van der Waals surface area contributed by atoms with Crippen molar-refractivity contribution in [3.05, 3.63) is 93.5 Å². The van der Waals surface area contributed by atoms with Crippen molar-refractivity contribution in [3.8, 4) is 0 Å². The van der Waals surface area contributed by atoms with Gasteiger partial charge in [0.15, 0.2) is 4.34 Å². The van der Waals surface area contributed by atoms with Crippen LogP contribution >= 0.6 is 23.1 Å². The number of hydrogen-bond acceptors (Lipinski definition) is 8. The number of nitrogens with zero attached hydrogens (tertiary/aromatic N) is 3. The first-order chi connectivity index (χ1) is 18.0. The van der Waals surface area contributed by atoms with Gasteiger partial charge < -0.3 is 15.0 Å². The van der Waals surface area contributed by atoms with Crippen molar-refractivity contribution >= 4 is 56.5 Å². The minimum Gasteiger partial charge on any atom is -0.378 e. The molecule has 0 spiro atoms. The number of thiazole rings is 1. The molecule has 37 heavy (non-hydrogen) atoms. The van der Waals surface area contributed by atoms with Gasteiger partial charge in [-0.05, 0) is 30.3 Å². The van der Waals surface area contributed by atoms with Crippen LogP contribution in [-0.2, 0) is 10.5 Å². The summed E-state index contributed by atoms with van der Waals surface area (Å²) in [5.41, 5.74) is 2.75. The lowest BCUT2D eigenvalue weighted by Crippen LogP contribution is -2.41. The van der Waals surface area contributed by atoms with Crippen molar-refractivity contribution in [1.29, 1.82) is 0 Å². The summed E-state index contributed by atoms with van der Waals surface area (Å²) in [5, 5.41) is 14.2. The first-order valence-electron chi connectivity index (χ1n) is 11.5. The summed E-state index contributed by atoms with van der Waals surface area (Å²) >= 11 is 2.88. The van der Waals surface area contributed by atoms with Crippen LogP contribution in [0.5, 0.6) is 0 Å². The van der Waals surface area contributed by atoms with E-state index in [1.807, 2.05) is 12.1 Å². The molecule has 0 aliphatic carbocycles. The lowest BCUT2D eigenvalue weighted by molar-refractivity contribution is -0.385. The molecule has 9 nitrogen and oxygen atoms in total. The molecule has 0 saturated carbocycles. The minimum absolute atomic E-state index is 0.0912. The number of amides is 2. The summed E-state index contributed by atoms with van der Waals surface area (Å²) < 4.78 is 6.98. The van der Waals surface area contributed by atoms with Gasteiger partial charge in [-0.25, -0.2) is 4.98 Å². The molecular weight excluding hydrogens is 512 g/mol. The van der Waals surface area contributed by atoms with Crippen LogP contribution in [-0.4, -0.2) is 52.9 Å². The van der Waals surface area contributed by atoms with E-state index < -0.39 is 0 Å². The van der Waals surface area contributed by atoms with Gasteiger partial charge in [-0.1, -0.05) is 42.1 Å². The predicted octanol–water partition coefficient (Wildman–Crippen LogP) is 5.22. The van der Waals surface area contributed by atoms with E-state index in [1.54, 1.807) is 53.4 Å². The smallest absolute Gasteiger partial charge is 0.273 e. The number of nitro groups is 1. The van der Waals surface area contributed by atoms with Crippen LogP contribution in [0, 0.1) is 10.1 Å². The fourth-order valence-corrected chi connectivity index (χ4v) is 6.10. The Kier molecular flexibility index (Phi) is 7.45. The van der Waals surface area contributed by atoms with Crippen molar-refractivity contribution < 1.29 is 19.2 Å². The molecule has 0 radical (unpaired) electrons. The topological polar surface area (TPSA) is 115 Å². The molecule has 3 aromatic carbocycles. The van der Waals surface area contributed by atoms with Crippen LogP contribution in [0.1, 0.15) is 26.3 Å². The summed E-state index contributed by atoms with van der Waals surface area (Å²) in [4.78, 5) is 43.3. The summed E-state index contributed by atoms with van der Waals surface area (Å²) in [6.45, 7) is 1.96. The van der Waals surface area contributed by atoms with Crippen molar-refractivity contribution in [1.82, 2.24) is 9.88 Å². The molecule has 2 amide bonds. The third-order valence-electron chi connectivity index (χ3n) is 5.87. The molecule has 0 atom stereocenters. The van der Waals surface area contributed by atoms with Crippen molar-refractivity contribution in [2.45, 2.75) is 10.1 Å². The number of nitro benzene ring substituents is 1. The lowest BCUT2D eigenvalue weighted by atomic mass is 10.0. The standard InChI is InChI=1S/C26H22N4O5S2/c31-24(19-6-2-3-7-20(19)25(32)29-11-13-35-14-12-29)27-18-9-10-21-23(15-18)37-26(28-21)36-16-17-5-1-4-8-22(17)30(33)34/h1-10,15H,11-14,16H2,(H,27,31). The van der Waals surface area contributed by atoms with E-state index in [1.165, 1.54) is 29.2 Å². The number of hydrogen-bond donors (Lipinski definition) is 1. The monoisotopic (exact) mass is 534 g/mol. The number of fused-ring (bicyclic) bond motifs is 1. The number of thioether (sulfide) groups is 1. The number of nitrogens with one attached hydrogen (secondary N) is 1. The molecule has 0 bridgehead atoms. The second kappa shape index (κ2) is 11.1. The molecule has 0 unspecified atom stereocenters. The Morgan fingerprint density at radius 2 is 1.78 bits per heavy atom. The van der Waals surface area contributed by atoms with Gasteiger partial charge in [0, 0.05) is 36.2 Å². The molecule has 1 fully saturated rings. The number of rotatable bonds is 7. The van der Waals surface area contributed by atoms with Crippen molar-refractivity contribution in [2.24, 2.45) is 0 Å². The van der Waals surface area contributed by atoms with E-state index in [9.17, 15) is 19.7 Å². The molecule has 188 valence electrons. The average molecular weight is 535 g/mol. The predicted molar refractivity (Wildman–Crippen MR) is 143 cm³/mol. The second-order valence-electron chi connectivity index (χ2n) is 8.24. The van der Waals surface area contributed by atoms with Gasteiger partial charge in [0.2, 0.25) is 0 Å². The fourth-order valence-electron chi connectivity index (χ4n) is 4.00. The van der Waals surface area contributed by atoms with Crippen LogP contribution in [0.15, 0.2) is 71.1 Å². The normalized spacial score (nSPS) is 13.5. The highest BCUT2D eigenvalue weighted by Crippen LogP contribution is 2.34. The maximum absolute atomic E-state index is 13.1. The SMILES string of the molecule is O=C(Nc1ccc2nc(SCc3ccccc3[N+](=O)[O-])sc2c1)c1ccccc1C(=O)N1CCOCC1. The molecule has 5 rings (SSSR count). The lowest BCUT2D eigenvalue weighted by Gasteiger charge is -2.27. The number of benzene rings is 3. The largest absolute Gasteiger partial charge is 0.378 e. The third kappa shape index (κ3) is 5.63. The van der Waals surface area contributed by atoms with E-state index in [2.05, 4.69) is 10.3 Å². The van der Waals surface area contributed by atoms with Crippen molar-refractivity contribution in [2.75, 3.05) is 31.6 Å². The minimum atomic E-state index is -0.379. The van der Waals surface area contributed by atoms with Gasteiger partial charge in [0.1, 0.15) is 0 Å². The number of aromatic nitrogens is 1. The van der Waals surface area contributed by atoms with E-state index >= 15 is 0 Å². The van der Waals surface area contributed by atoms with E-state index in [-0.39, 0.29) is 22.4 Å². The molecular formula is C26H22N4O5S2. The number of carbonyl (C=O) groups excluding carboxylic acids is 2. The quantitative estimate of drug-likeness (QED) is 0.196. The van der Waals surface area contributed by atoms with Crippen molar-refractivity contribution in [3.63, 3.8) is 0 Å². The van der Waals surface area contributed by atoms with Gasteiger partial charge in [0.05, 0.1) is 39.5 Å². The average Bonchev–Trinajstić information content (AvgIpc) is 3.34. The van der Waals surface area contributed by atoms with Crippen LogP contribution in [0.4, 0.5) is 11.4 Å². The Morgan fingerprint density at radius 3 is 2.57 bits per heavy atom. The van der Waals surface area contributed by atoms with E-state index in [0.717, 1.165) is 14.6 Å². The Hall–Kier alpha value is -3.80. The first kappa shape index (κ1) is 24.9. The number of anilines is 1. The Labute approximate surface area is 220 Å². The maximum atomic E-state index is 13.1. The molecule has 1 saturated heterocycles. The van der Waals surface area contributed by atoms with Crippen LogP contribution in [0.3, 0.4) is 0 Å². The first-order valence-corrected chi connectivity index (χ1v) is 13.3. The van der Waals surface area contributed by atoms with E-state index in [0.29, 0.717) is 54.4 Å². The maximum Gasteiger partial charge on any atom is 0.273 e. The van der Waals surface area contributed by atoms with Gasteiger partial charge in [-0.2, -0.15) is 0 Å². The van der Waals surface area contributed by atoms with E-state index in [4.69, 9.17) is 4.74 Å². The summed E-state index contributed by atoms with van der Waals surface area (Å²) in [6.07, 6.45) is 0. The summed E-state index contributed by atoms with van der Waals surface area (Å²) in [5.74, 6) is -0.131. The molecule has 4 aromatic rings. The molecule has 11 heteroatoms. The second-order valence-corrected chi connectivity index (χ2v) is 10.5. The molecule has 1 N–H and O–H groups in total.